The second-order valence-electron chi connectivity index (χ2n) is 4.95. The van der Waals surface area contributed by atoms with Crippen molar-refractivity contribution in [1.82, 2.24) is 14.7 Å². The summed E-state index contributed by atoms with van der Waals surface area (Å²) in [5.74, 6) is 0. The molecule has 1 saturated heterocycles. The van der Waals surface area contributed by atoms with E-state index in [-0.39, 0.29) is 0 Å². The van der Waals surface area contributed by atoms with Crippen LogP contribution in [-0.4, -0.2) is 74.6 Å². The van der Waals surface area contributed by atoms with E-state index in [4.69, 9.17) is 0 Å². The van der Waals surface area contributed by atoms with Gasteiger partial charge in [-0.05, 0) is 53.6 Å². The Labute approximate surface area is 109 Å². The quantitative estimate of drug-likeness (QED) is 0.731. The first-order chi connectivity index (χ1) is 8.13. The molecule has 0 saturated carbocycles. The predicted molar refractivity (Wildman–Crippen MR) is 77.7 cm³/mol. The number of nitrogens with zero attached hydrogens (tertiary/aromatic N) is 3. The Kier molecular flexibility index (Phi) is 9.79. The molecule has 1 heterocycles. The second kappa shape index (κ2) is 9.86. The summed E-state index contributed by atoms with van der Waals surface area (Å²) in [6, 6.07) is 0.813. The molecule has 1 aliphatic rings. The molecule has 0 spiro atoms. The molecule has 0 radical (unpaired) electrons. The Morgan fingerprint density at radius 3 is 1.94 bits per heavy atom. The highest BCUT2D eigenvalue weighted by atomic mass is 15.2. The molecule has 104 valence electrons. The molecule has 17 heavy (non-hydrogen) atoms. The first-order valence-electron chi connectivity index (χ1n) is 7.20. The summed E-state index contributed by atoms with van der Waals surface area (Å²) in [5.41, 5.74) is 0. The van der Waals surface area contributed by atoms with Crippen molar-refractivity contribution < 1.29 is 0 Å². The number of hydrogen-bond donors (Lipinski definition) is 0. The van der Waals surface area contributed by atoms with Crippen molar-refractivity contribution in [3.05, 3.63) is 0 Å². The lowest BCUT2D eigenvalue weighted by Gasteiger charge is -2.36. The molecule has 0 aromatic rings. The SMILES string of the molecule is CC.CCN1CCC(N(C)CCN(C)C)CC1. The Morgan fingerprint density at radius 1 is 1.00 bits per heavy atom. The van der Waals surface area contributed by atoms with Crippen LogP contribution in [-0.2, 0) is 0 Å². The summed E-state index contributed by atoms with van der Waals surface area (Å²) in [7, 11) is 6.57. The summed E-state index contributed by atoms with van der Waals surface area (Å²) >= 11 is 0. The van der Waals surface area contributed by atoms with Gasteiger partial charge in [0, 0.05) is 19.1 Å². The summed E-state index contributed by atoms with van der Waals surface area (Å²) in [4.78, 5) is 7.35. The van der Waals surface area contributed by atoms with Crippen LogP contribution in [0.5, 0.6) is 0 Å². The van der Waals surface area contributed by atoms with Gasteiger partial charge in [-0.1, -0.05) is 20.8 Å². The molecule has 3 heteroatoms. The molecule has 3 nitrogen and oxygen atoms in total. The molecule has 1 aliphatic heterocycles. The van der Waals surface area contributed by atoms with E-state index in [1.165, 1.54) is 45.6 Å². The number of piperidine rings is 1. The normalized spacial score (nSPS) is 18.4. The molecular formula is C14H33N3. The highest BCUT2D eigenvalue weighted by Crippen LogP contribution is 2.14. The highest BCUT2D eigenvalue weighted by Gasteiger charge is 2.20. The summed E-state index contributed by atoms with van der Waals surface area (Å²) in [5, 5.41) is 0. The van der Waals surface area contributed by atoms with Crippen LogP contribution in [0.4, 0.5) is 0 Å². The van der Waals surface area contributed by atoms with Crippen molar-refractivity contribution in [3.63, 3.8) is 0 Å². The van der Waals surface area contributed by atoms with Crippen molar-refractivity contribution in [1.29, 1.82) is 0 Å². The predicted octanol–water partition coefficient (Wildman–Crippen LogP) is 1.99. The molecular weight excluding hydrogens is 210 g/mol. The summed E-state index contributed by atoms with van der Waals surface area (Å²) in [6.07, 6.45) is 2.69. The zero-order chi connectivity index (χ0) is 13.3. The molecule has 0 N–H and O–H groups in total. The maximum atomic E-state index is 2.55. The lowest BCUT2D eigenvalue weighted by atomic mass is 10.0. The van der Waals surface area contributed by atoms with Gasteiger partial charge < -0.3 is 14.7 Å². The average molecular weight is 243 g/mol. The van der Waals surface area contributed by atoms with Crippen molar-refractivity contribution in [2.24, 2.45) is 0 Å². The fourth-order valence-corrected chi connectivity index (χ4v) is 2.22. The average Bonchev–Trinajstić information content (AvgIpc) is 2.38. The van der Waals surface area contributed by atoms with Crippen LogP contribution in [0.15, 0.2) is 0 Å². The van der Waals surface area contributed by atoms with Gasteiger partial charge in [-0.3, -0.25) is 0 Å². The van der Waals surface area contributed by atoms with E-state index >= 15 is 0 Å². The fraction of sp³-hybridized carbons (Fsp3) is 1.00. The Hall–Kier alpha value is -0.120. The minimum Gasteiger partial charge on any atom is -0.308 e. The van der Waals surface area contributed by atoms with Crippen LogP contribution < -0.4 is 0 Å². The lowest BCUT2D eigenvalue weighted by molar-refractivity contribution is 0.125. The maximum absolute atomic E-state index is 2.55. The smallest absolute Gasteiger partial charge is 0.0117 e. The number of likely N-dealkylation sites (tertiary alicyclic amines) is 1. The van der Waals surface area contributed by atoms with Crippen LogP contribution >= 0.6 is 0 Å². The topological polar surface area (TPSA) is 9.72 Å². The minimum atomic E-state index is 0.813. The number of hydrogen-bond acceptors (Lipinski definition) is 3. The summed E-state index contributed by atoms with van der Waals surface area (Å²) < 4.78 is 0. The molecule has 1 fully saturated rings. The van der Waals surface area contributed by atoms with Crippen molar-refractivity contribution in [3.8, 4) is 0 Å². The first-order valence-corrected chi connectivity index (χ1v) is 7.20. The van der Waals surface area contributed by atoms with E-state index in [2.05, 4.69) is 42.8 Å². The minimum absolute atomic E-state index is 0.813. The third kappa shape index (κ3) is 7.02. The van der Waals surface area contributed by atoms with Crippen LogP contribution in [0.25, 0.3) is 0 Å². The Balaban J connectivity index is 0.00000121. The van der Waals surface area contributed by atoms with Crippen molar-refractivity contribution in [2.75, 3.05) is 53.9 Å². The van der Waals surface area contributed by atoms with Crippen LogP contribution in [0.3, 0.4) is 0 Å². The lowest BCUT2D eigenvalue weighted by Crippen LogP contribution is -2.44. The van der Waals surface area contributed by atoms with Gasteiger partial charge in [-0.15, -0.1) is 0 Å². The first kappa shape index (κ1) is 16.9. The fourth-order valence-electron chi connectivity index (χ4n) is 2.22. The van der Waals surface area contributed by atoms with Gasteiger partial charge in [0.1, 0.15) is 0 Å². The third-order valence-electron chi connectivity index (χ3n) is 3.53. The second-order valence-corrected chi connectivity index (χ2v) is 4.95. The van der Waals surface area contributed by atoms with Crippen molar-refractivity contribution >= 4 is 0 Å². The van der Waals surface area contributed by atoms with Gasteiger partial charge in [0.15, 0.2) is 0 Å². The molecule has 0 aromatic heterocycles. The zero-order valence-electron chi connectivity index (χ0n) is 12.9. The van der Waals surface area contributed by atoms with Gasteiger partial charge in [0.25, 0.3) is 0 Å². The van der Waals surface area contributed by atoms with E-state index in [1.54, 1.807) is 0 Å². The van der Waals surface area contributed by atoms with E-state index in [1.807, 2.05) is 13.8 Å². The molecule has 0 atom stereocenters. The van der Waals surface area contributed by atoms with E-state index in [0.29, 0.717) is 0 Å². The maximum Gasteiger partial charge on any atom is 0.0117 e. The van der Waals surface area contributed by atoms with Crippen LogP contribution in [0, 0.1) is 0 Å². The Bertz CT molecular complexity index is 163. The van der Waals surface area contributed by atoms with E-state index in [0.717, 1.165) is 6.04 Å². The third-order valence-corrected chi connectivity index (χ3v) is 3.53. The zero-order valence-corrected chi connectivity index (χ0v) is 12.9. The molecule has 0 unspecified atom stereocenters. The van der Waals surface area contributed by atoms with E-state index < -0.39 is 0 Å². The van der Waals surface area contributed by atoms with Gasteiger partial charge in [-0.2, -0.15) is 0 Å². The van der Waals surface area contributed by atoms with Crippen LogP contribution in [0.1, 0.15) is 33.6 Å². The highest BCUT2D eigenvalue weighted by molar-refractivity contribution is 4.77. The monoisotopic (exact) mass is 243 g/mol. The molecule has 1 rings (SSSR count). The molecule has 0 aliphatic carbocycles. The Morgan fingerprint density at radius 2 is 1.53 bits per heavy atom. The van der Waals surface area contributed by atoms with Gasteiger partial charge in [-0.25, -0.2) is 0 Å². The number of rotatable bonds is 5. The largest absolute Gasteiger partial charge is 0.308 e. The molecule has 0 amide bonds. The van der Waals surface area contributed by atoms with Gasteiger partial charge >= 0.3 is 0 Å². The molecule has 0 bridgehead atoms. The van der Waals surface area contributed by atoms with E-state index in [9.17, 15) is 0 Å². The standard InChI is InChI=1S/C12H27N3.C2H6/c1-5-15-8-6-12(7-9-15)14(4)11-10-13(2)3;1-2/h12H,5-11H2,1-4H3;1-2H3. The molecule has 0 aromatic carbocycles. The van der Waals surface area contributed by atoms with Gasteiger partial charge in [0.2, 0.25) is 0 Å². The summed E-state index contributed by atoms with van der Waals surface area (Å²) in [6.45, 7) is 12.4. The van der Waals surface area contributed by atoms with Crippen LogP contribution in [0.2, 0.25) is 0 Å². The van der Waals surface area contributed by atoms with Gasteiger partial charge in [0.05, 0.1) is 0 Å². The van der Waals surface area contributed by atoms with Crippen molar-refractivity contribution in [2.45, 2.75) is 39.7 Å². The number of likely N-dealkylation sites (N-methyl/N-ethyl adjacent to an activating group) is 2.